The van der Waals surface area contributed by atoms with Crippen LogP contribution in [-0.2, 0) is 0 Å². The van der Waals surface area contributed by atoms with Crippen LogP contribution in [0, 0.1) is 12.0 Å². The molecule has 104 valence electrons. The van der Waals surface area contributed by atoms with E-state index in [1.54, 1.807) is 0 Å². The van der Waals surface area contributed by atoms with Gasteiger partial charge in [-0.1, -0.05) is 58.1 Å². The average molecular weight is 250 g/mol. The van der Waals surface area contributed by atoms with Gasteiger partial charge in [0.25, 0.3) is 0 Å². The second-order valence-corrected chi connectivity index (χ2v) is 4.79. The quantitative estimate of drug-likeness (QED) is 0.543. The lowest BCUT2D eigenvalue weighted by Gasteiger charge is -2.20. The highest BCUT2D eigenvalue weighted by molar-refractivity contribution is 4.95. The summed E-state index contributed by atoms with van der Waals surface area (Å²) in [6.07, 6.45) is 17.3. The van der Waals surface area contributed by atoms with Crippen molar-refractivity contribution in [3.05, 3.63) is 24.8 Å². The molecule has 2 fully saturated rings. The SMILES string of the molecule is C1CCCC1.C=[C+]C1CCC(/C=C\C)NC1.CC. The molecule has 1 saturated carbocycles. The third-order valence-electron chi connectivity index (χ3n) is 3.42. The van der Waals surface area contributed by atoms with E-state index >= 15 is 0 Å². The Kier molecular flexibility index (Phi) is 12.3. The van der Waals surface area contributed by atoms with E-state index in [1.807, 2.05) is 13.8 Å². The topological polar surface area (TPSA) is 12.0 Å². The van der Waals surface area contributed by atoms with E-state index in [0.29, 0.717) is 12.0 Å². The van der Waals surface area contributed by atoms with Gasteiger partial charge in [-0.15, -0.1) is 0 Å². The molecule has 0 spiro atoms. The summed E-state index contributed by atoms with van der Waals surface area (Å²) in [5, 5.41) is 3.43. The smallest absolute Gasteiger partial charge is 0.219 e. The van der Waals surface area contributed by atoms with Gasteiger partial charge in [0.2, 0.25) is 6.08 Å². The lowest BCUT2D eigenvalue weighted by atomic mass is 9.95. The number of nitrogens with one attached hydrogen (secondary N) is 1. The molecular formula is C17H32N+. The van der Waals surface area contributed by atoms with Crippen molar-refractivity contribution in [1.29, 1.82) is 0 Å². The van der Waals surface area contributed by atoms with E-state index in [1.165, 1.54) is 44.9 Å². The van der Waals surface area contributed by atoms with Crippen LogP contribution in [0.3, 0.4) is 0 Å². The highest BCUT2D eigenvalue weighted by Gasteiger charge is 2.23. The maximum atomic E-state index is 3.67. The van der Waals surface area contributed by atoms with E-state index in [-0.39, 0.29) is 0 Å². The van der Waals surface area contributed by atoms with E-state index in [0.717, 1.165) is 6.54 Å². The van der Waals surface area contributed by atoms with Gasteiger partial charge in [-0.2, -0.15) is 0 Å². The number of allylic oxidation sites excluding steroid dienone is 1. The van der Waals surface area contributed by atoms with Crippen LogP contribution in [0.15, 0.2) is 18.7 Å². The van der Waals surface area contributed by atoms with Gasteiger partial charge in [-0.05, 0) is 13.3 Å². The molecule has 0 amide bonds. The molecule has 2 rings (SSSR count). The van der Waals surface area contributed by atoms with Crippen LogP contribution in [0.2, 0.25) is 0 Å². The van der Waals surface area contributed by atoms with Crippen LogP contribution in [-0.4, -0.2) is 12.6 Å². The van der Waals surface area contributed by atoms with Gasteiger partial charge in [0.15, 0.2) is 5.92 Å². The van der Waals surface area contributed by atoms with Crippen LogP contribution in [0.1, 0.15) is 65.7 Å². The standard InChI is InChI=1S/C10H16N.C5H10.C2H6/c1-3-5-10-7-6-9(4-2)8-11-10;1-2-4-5-3-1;1-2/h3,5,9-11H,2,6-8H2,1H3;1-5H2;1-2H3/q+1;;/b5-3-;;. The van der Waals surface area contributed by atoms with Crippen molar-refractivity contribution in [2.45, 2.75) is 71.8 Å². The fourth-order valence-corrected chi connectivity index (χ4v) is 2.33. The summed E-state index contributed by atoms with van der Waals surface area (Å²) >= 11 is 0. The molecule has 2 aliphatic rings. The number of hydrogen-bond acceptors (Lipinski definition) is 1. The number of hydrogen-bond donors (Lipinski definition) is 1. The monoisotopic (exact) mass is 250 g/mol. The molecule has 0 aromatic heterocycles. The largest absolute Gasteiger partial charge is 0.306 e. The molecule has 18 heavy (non-hydrogen) atoms. The first kappa shape index (κ1) is 17.4. The Labute approximate surface area is 115 Å². The van der Waals surface area contributed by atoms with Crippen molar-refractivity contribution in [2.24, 2.45) is 5.92 Å². The Balaban J connectivity index is 0.000000343. The third kappa shape index (κ3) is 8.44. The second kappa shape index (κ2) is 12.8. The lowest BCUT2D eigenvalue weighted by Crippen LogP contribution is -2.36. The number of piperidine rings is 1. The summed E-state index contributed by atoms with van der Waals surface area (Å²) in [5.74, 6) is 0.566. The zero-order valence-corrected chi connectivity index (χ0v) is 12.7. The van der Waals surface area contributed by atoms with Gasteiger partial charge >= 0.3 is 0 Å². The first-order chi connectivity index (χ1) is 8.86. The molecule has 2 atom stereocenters. The molecule has 1 aliphatic carbocycles. The summed E-state index contributed by atoms with van der Waals surface area (Å²) < 4.78 is 0. The predicted molar refractivity (Wildman–Crippen MR) is 82.6 cm³/mol. The maximum Gasteiger partial charge on any atom is 0.219 e. The summed E-state index contributed by atoms with van der Waals surface area (Å²) in [6.45, 7) is 10.8. The fraction of sp³-hybridized carbons (Fsp3) is 0.765. The van der Waals surface area contributed by atoms with Gasteiger partial charge < -0.3 is 5.32 Å². The Morgan fingerprint density at radius 1 is 1.06 bits per heavy atom. The van der Waals surface area contributed by atoms with Crippen molar-refractivity contribution in [2.75, 3.05) is 6.54 Å². The van der Waals surface area contributed by atoms with E-state index in [4.69, 9.17) is 0 Å². The number of rotatable bonds is 2. The normalized spacial score (nSPS) is 26.6. The van der Waals surface area contributed by atoms with Crippen LogP contribution < -0.4 is 5.32 Å². The molecule has 1 heteroatoms. The van der Waals surface area contributed by atoms with Crippen LogP contribution in [0.25, 0.3) is 0 Å². The summed E-state index contributed by atoms with van der Waals surface area (Å²) in [5.41, 5.74) is 0. The molecule has 1 aliphatic heterocycles. The molecule has 2 unspecified atom stereocenters. The fourth-order valence-electron chi connectivity index (χ4n) is 2.33. The first-order valence-corrected chi connectivity index (χ1v) is 7.75. The van der Waals surface area contributed by atoms with Gasteiger partial charge in [0.1, 0.15) is 6.58 Å². The highest BCUT2D eigenvalue weighted by atomic mass is 14.9. The van der Waals surface area contributed by atoms with Crippen molar-refractivity contribution in [3.8, 4) is 0 Å². The predicted octanol–water partition coefficient (Wildman–Crippen LogP) is 4.90. The van der Waals surface area contributed by atoms with Crippen LogP contribution in [0.4, 0.5) is 0 Å². The van der Waals surface area contributed by atoms with E-state index in [9.17, 15) is 0 Å². The summed E-state index contributed by atoms with van der Waals surface area (Å²) in [4.78, 5) is 0. The Bertz CT molecular complexity index is 188. The summed E-state index contributed by atoms with van der Waals surface area (Å²) in [6, 6.07) is 0.588. The highest BCUT2D eigenvalue weighted by Crippen LogP contribution is 2.15. The first-order valence-electron chi connectivity index (χ1n) is 7.75. The van der Waals surface area contributed by atoms with E-state index in [2.05, 4.69) is 37.0 Å². The van der Waals surface area contributed by atoms with Gasteiger partial charge in [-0.3, -0.25) is 0 Å². The van der Waals surface area contributed by atoms with Gasteiger partial charge in [0, 0.05) is 19.0 Å². The minimum absolute atomic E-state index is 0.566. The van der Waals surface area contributed by atoms with Crippen molar-refractivity contribution < 1.29 is 0 Å². The Morgan fingerprint density at radius 2 is 1.61 bits per heavy atom. The van der Waals surface area contributed by atoms with Crippen molar-refractivity contribution in [1.82, 2.24) is 5.32 Å². The third-order valence-corrected chi connectivity index (χ3v) is 3.42. The van der Waals surface area contributed by atoms with Crippen molar-refractivity contribution >= 4 is 0 Å². The molecular weight excluding hydrogens is 218 g/mol. The molecule has 0 aromatic rings. The Hall–Kier alpha value is -0.650. The maximum absolute atomic E-state index is 3.67. The molecule has 1 N–H and O–H groups in total. The molecule has 0 aromatic carbocycles. The minimum atomic E-state index is 0.566. The van der Waals surface area contributed by atoms with Gasteiger partial charge in [0.05, 0.1) is 0 Å². The van der Waals surface area contributed by atoms with Gasteiger partial charge in [-0.25, -0.2) is 0 Å². The minimum Gasteiger partial charge on any atom is -0.306 e. The average Bonchev–Trinajstić information content (AvgIpc) is 3.02. The molecule has 1 nitrogen and oxygen atoms in total. The molecule has 1 heterocycles. The second-order valence-electron chi connectivity index (χ2n) is 4.79. The zero-order chi connectivity index (χ0) is 13.6. The van der Waals surface area contributed by atoms with Crippen LogP contribution in [0.5, 0.6) is 0 Å². The van der Waals surface area contributed by atoms with Crippen molar-refractivity contribution in [3.63, 3.8) is 0 Å². The molecule has 0 bridgehead atoms. The molecule has 0 radical (unpaired) electrons. The van der Waals surface area contributed by atoms with E-state index < -0.39 is 0 Å². The summed E-state index contributed by atoms with van der Waals surface area (Å²) in [7, 11) is 0. The zero-order valence-electron chi connectivity index (χ0n) is 12.7. The lowest BCUT2D eigenvalue weighted by molar-refractivity contribution is 0.383. The molecule has 1 saturated heterocycles. The Morgan fingerprint density at radius 3 is 1.94 bits per heavy atom. The van der Waals surface area contributed by atoms with Crippen LogP contribution >= 0.6 is 0 Å².